The van der Waals surface area contributed by atoms with E-state index in [0.717, 1.165) is 5.75 Å². The number of nitrogens with one attached hydrogen (secondary N) is 1. The van der Waals surface area contributed by atoms with Crippen molar-refractivity contribution in [1.82, 2.24) is 0 Å². The lowest BCUT2D eigenvalue weighted by molar-refractivity contribution is -0.120. The average molecular weight is 302 g/mol. The number of carbonyl (C=O) groups is 1. The van der Waals surface area contributed by atoms with Crippen LogP contribution in [0, 0.1) is 5.41 Å². The zero-order valence-electron chi connectivity index (χ0n) is 11.2. The van der Waals surface area contributed by atoms with Gasteiger partial charge in [-0.25, -0.2) is 0 Å². The molecule has 0 unspecified atom stereocenters. The third kappa shape index (κ3) is 2.98. The number of halogens is 2. The van der Waals surface area contributed by atoms with Crippen LogP contribution in [-0.2, 0) is 4.79 Å². The number of amides is 1. The molecule has 0 bridgehead atoms. The molecular weight excluding hydrogens is 285 g/mol. The van der Waals surface area contributed by atoms with Gasteiger partial charge in [-0.2, -0.15) is 0 Å². The minimum atomic E-state index is -0.947. The molecule has 0 aromatic heterocycles. The van der Waals surface area contributed by atoms with Crippen LogP contribution in [0.4, 0.5) is 5.69 Å². The van der Waals surface area contributed by atoms with E-state index in [0.29, 0.717) is 12.1 Å². The summed E-state index contributed by atoms with van der Waals surface area (Å²) in [5, 5.41) is 2.82. The minimum absolute atomic E-state index is 0.124. The van der Waals surface area contributed by atoms with Crippen molar-refractivity contribution in [3.63, 3.8) is 0 Å². The van der Waals surface area contributed by atoms with Gasteiger partial charge in [-0.3, -0.25) is 4.79 Å². The monoisotopic (exact) mass is 301 g/mol. The molecule has 1 aliphatic rings. The molecule has 0 spiro atoms. The average Bonchev–Trinajstić information content (AvgIpc) is 2.82. The number of benzene rings is 1. The smallest absolute Gasteiger partial charge is 0.233 e. The van der Waals surface area contributed by atoms with Gasteiger partial charge in [-0.15, -0.1) is 23.2 Å². The Balaban J connectivity index is 1.99. The highest BCUT2D eigenvalue weighted by Gasteiger charge is 2.67. The molecule has 1 aliphatic carbocycles. The van der Waals surface area contributed by atoms with E-state index in [1.54, 1.807) is 19.1 Å². The summed E-state index contributed by atoms with van der Waals surface area (Å²) in [7, 11) is 0. The number of carbonyl (C=O) groups excluding carboxylic acids is 1. The SMILES string of the molecule is CC(C)Oc1ccc(NC(=O)[C@]2(C)CC2(Cl)Cl)cc1. The first-order valence-corrected chi connectivity index (χ1v) is 6.96. The van der Waals surface area contributed by atoms with Crippen molar-refractivity contribution >= 4 is 34.8 Å². The van der Waals surface area contributed by atoms with Gasteiger partial charge in [0.25, 0.3) is 0 Å². The second kappa shape index (κ2) is 4.88. The fourth-order valence-electron chi connectivity index (χ4n) is 1.80. The maximum atomic E-state index is 12.1. The summed E-state index contributed by atoms with van der Waals surface area (Å²) in [5.74, 6) is 0.615. The van der Waals surface area contributed by atoms with E-state index in [9.17, 15) is 4.79 Å². The third-order valence-corrected chi connectivity index (χ3v) is 4.34. The lowest BCUT2D eigenvalue weighted by Gasteiger charge is -2.14. The standard InChI is InChI=1S/C14H17Cl2NO2/c1-9(2)19-11-6-4-10(5-7-11)17-12(18)13(3)8-14(13,15)16/h4-7,9H,8H2,1-3H3,(H,17,18)/t13-/m0/s1. The summed E-state index contributed by atoms with van der Waals surface area (Å²) in [6.07, 6.45) is 0.600. The van der Waals surface area contributed by atoms with Crippen LogP contribution in [0.15, 0.2) is 24.3 Å². The fourth-order valence-corrected chi connectivity index (χ4v) is 2.51. The van der Waals surface area contributed by atoms with E-state index in [-0.39, 0.29) is 12.0 Å². The lowest BCUT2D eigenvalue weighted by atomic mass is 10.1. The van der Waals surface area contributed by atoms with Gasteiger partial charge in [0.1, 0.15) is 10.1 Å². The van der Waals surface area contributed by atoms with Crippen LogP contribution < -0.4 is 10.1 Å². The molecule has 1 atom stereocenters. The molecule has 0 heterocycles. The molecule has 1 aromatic carbocycles. The van der Waals surface area contributed by atoms with Crippen molar-refractivity contribution in [2.24, 2.45) is 5.41 Å². The number of alkyl halides is 2. The van der Waals surface area contributed by atoms with E-state index >= 15 is 0 Å². The molecule has 5 heteroatoms. The van der Waals surface area contributed by atoms with Gasteiger partial charge in [0, 0.05) is 5.69 Å². The Bertz CT molecular complexity index is 485. The van der Waals surface area contributed by atoms with Gasteiger partial charge in [0.15, 0.2) is 0 Å². The Morgan fingerprint density at radius 2 is 1.84 bits per heavy atom. The molecule has 1 aromatic rings. The van der Waals surface area contributed by atoms with Crippen molar-refractivity contribution < 1.29 is 9.53 Å². The number of rotatable bonds is 4. The van der Waals surface area contributed by atoms with Crippen molar-refractivity contribution in [3.05, 3.63) is 24.3 Å². The molecule has 1 amide bonds. The van der Waals surface area contributed by atoms with Crippen LogP contribution in [0.1, 0.15) is 27.2 Å². The summed E-state index contributed by atoms with van der Waals surface area (Å²) in [5.41, 5.74) is 0.00168. The molecule has 0 aliphatic heterocycles. The second-order valence-electron chi connectivity index (χ2n) is 5.36. The fraction of sp³-hybridized carbons (Fsp3) is 0.500. The molecule has 104 valence electrons. The van der Waals surface area contributed by atoms with Crippen LogP contribution >= 0.6 is 23.2 Å². The Labute approximate surface area is 123 Å². The number of hydrogen-bond acceptors (Lipinski definition) is 2. The highest BCUT2D eigenvalue weighted by Crippen LogP contribution is 2.64. The van der Waals surface area contributed by atoms with E-state index in [1.807, 2.05) is 26.0 Å². The van der Waals surface area contributed by atoms with Gasteiger partial charge < -0.3 is 10.1 Å². The Kier molecular flexibility index (Phi) is 3.72. The Morgan fingerprint density at radius 3 is 2.26 bits per heavy atom. The third-order valence-electron chi connectivity index (χ3n) is 3.24. The van der Waals surface area contributed by atoms with Crippen LogP contribution in [0.25, 0.3) is 0 Å². The first-order chi connectivity index (χ1) is 8.74. The Morgan fingerprint density at radius 1 is 1.32 bits per heavy atom. The minimum Gasteiger partial charge on any atom is -0.491 e. The van der Waals surface area contributed by atoms with Gasteiger partial charge in [-0.1, -0.05) is 0 Å². The van der Waals surface area contributed by atoms with Crippen molar-refractivity contribution in [3.8, 4) is 5.75 Å². The zero-order valence-corrected chi connectivity index (χ0v) is 12.7. The number of ether oxygens (including phenoxy) is 1. The van der Waals surface area contributed by atoms with Crippen molar-refractivity contribution in [1.29, 1.82) is 0 Å². The van der Waals surface area contributed by atoms with E-state index < -0.39 is 9.75 Å². The first kappa shape index (κ1) is 14.5. The summed E-state index contributed by atoms with van der Waals surface area (Å²) >= 11 is 12.0. The maximum Gasteiger partial charge on any atom is 0.233 e. The largest absolute Gasteiger partial charge is 0.491 e. The van der Waals surface area contributed by atoms with E-state index in [1.165, 1.54) is 0 Å². The topological polar surface area (TPSA) is 38.3 Å². The predicted molar refractivity (Wildman–Crippen MR) is 78.0 cm³/mol. The summed E-state index contributed by atoms with van der Waals surface area (Å²) in [6.45, 7) is 5.69. The number of anilines is 1. The quantitative estimate of drug-likeness (QED) is 0.854. The highest BCUT2D eigenvalue weighted by atomic mass is 35.5. The highest BCUT2D eigenvalue weighted by molar-refractivity contribution is 6.53. The zero-order chi connectivity index (χ0) is 14.3. The van der Waals surface area contributed by atoms with E-state index in [4.69, 9.17) is 27.9 Å². The summed E-state index contributed by atoms with van der Waals surface area (Å²) in [6, 6.07) is 7.23. The van der Waals surface area contributed by atoms with Gasteiger partial charge >= 0.3 is 0 Å². The normalized spacial score (nSPS) is 24.1. The Hall–Kier alpha value is -0.930. The first-order valence-electron chi connectivity index (χ1n) is 6.21. The summed E-state index contributed by atoms with van der Waals surface area (Å²) < 4.78 is 4.59. The van der Waals surface area contributed by atoms with E-state index in [2.05, 4.69) is 5.32 Å². The van der Waals surface area contributed by atoms with Gasteiger partial charge in [-0.05, 0) is 51.5 Å². The molecule has 0 saturated heterocycles. The molecule has 2 rings (SSSR count). The van der Waals surface area contributed by atoms with Crippen molar-refractivity contribution in [2.75, 3.05) is 5.32 Å². The van der Waals surface area contributed by atoms with Gasteiger partial charge in [0.05, 0.1) is 11.5 Å². The maximum absolute atomic E-state index is 12.1. The van der Waals surface area contributed by atoms with Crippen LogP contribution in [0.5, 0.6) is 5.75 Å². The van der Waals surface area contributed by atoms with Crippen LogP contribution in [0.2, 0.25) is 0 Å². The molecule has 3 nitrogen and oxygen atoms in total. The van der Waals surface area contributed by atoms with Crippen LogP contribution in [-0.4, -0.2) is 16.3 Å². The molecular formula is C14H17Cl2NO2. The second-order valence-corrected chi connectivity index (χ2v) is 6.84. The van der Waals surface area contributed by atoms with Gasteiger partial charge in [0.2, 0.25) is 5.91 Å². The molecule has 0 radical (unpaired) electrons. The molecule has 1 saturated carbocycles. The number of hydrogen-bond donors (Lipinski definition) is 1. The van der Waals surface area contributed by atoms with Crippen LogP contribution in [0.3, 0.4) is 0 Å². The molecule has 1 N–H and O–H groups in total. The molecule has 19 heavy (non-hydrogen) atoms. The van der Waals surface area contributed by atoms with Crippen molar-refractivity contribution in [2.45, 2.75) is 37.6 Å². The lowest BCUT2D eigenvalue weighted by Crippen LogP contribution is -2.25. The molecule has 1 fully saturated rings. The summed E-state index contributed by atoms with van der Waals surface area (Å²) in [4.78, 5) is 12.1. The predicted octanol–water partition coefficient (Wildman–Crippen LogP) is 4.00.